The Morgan fingerprint density at radius 1 is 1.47 bits per heavy atom. The molecule has 0 saturated heterocycles. The maximum absolute atomic E-state index is 10.0. The van der Waals surface area contributed by atoms with Gasteiger partial charge in [0.05, 0.1) is 18.3 Å². The minimum atomic E-state index is -0.494. The molecule has 4 heteroatoms. The van der Waals surface area contributed by atoms with Crippen molar-refractivity contribution in [2.75, 3.05) is 25.0 Å². The van der Waals surface area contributed by atoms with Crippen LogP contribution in [0, 0.1) is 5.92 Å². The zero-order chi connectivity index (χ0) is 14.0. The quantitative estimate of drug-likeness (QED) is 0.872. The van der Waals surface area contributed by atoms with E-state index in [-0.39, 0.29) is 6.10 Å². The molecule has 0 aromatic heterocycles. The second kappa shape index (κ2) is 5.80. The average molecular weight is 264 g/mol. The Kier molecular flexibility index (Phi) is 4.32. The summed E-state index contributed by atoms with van der Waals surface area (Å²) in [7, 11) is 2.07. The molecule has 1 aromatic carbocycles. The molecule has 2 atom stereocenters. The van der Waals surface area contributed by atoms with Crippen LogP contribution >= 0.6 is 0 Å². The summed E-state index contributed by atoms with van der Waals surface area (Å²) in [5.74, 6) is 1.38. The number of aliphatic hydroxyl groups is 1. The minimum absolute atomic E-state index is 0.220. The lowest BCUT2D eigenvalue weighted by molar-refractivity contribution is 0.146. The molecule has 1 aliphatic heterocycles. The van der Waals surface area contributed by atoms with Gasteiger partial charge in [0.2, 0.25) is 0 Å². The van der Waals surface area contributed by atoms with Gasteiger partial charge in [-0.05, 0) is 36.6 Å². The topological polar surface area (TPSA) is 58.7 Å². The fourth-order valence-corrected chi connectivity index (χ4v) is 2.38. The van der Waals surface area contributed by atoms with Crippen molar-refractivity contribution in [1.82, 2.24) is 0 Å². The van der Waals surface area contributed by atoms with Crippen LogP contribution in [0.25, 0.3) is 0 Å². The number of fused-ring (bicyclic) bond motifs is 1. The van der Waals surface area contributed by atoms with Gasteiger partial charge in [0.1, 0.15) is 11.9 Å². The van der Waals surface area contributed by atoms with Crippen LogP contribution in [-0.4, -0.2) is 31.3 Å². The Bertz CT molecular complexity index is 434. The molecule has 2 rings (SSSR count). The standard InChI is InChI=1S/C15H24N2O2/c1-10(2)15-9-17(3)12-8-11(13(18)6-7-16)4-5-14(12)19-15/h4-5,8,10,13,15,18H,6-7,9,16H2,1-3H3. The fraction of sp³-hybridized carbons (Fsp3) is 0.600. The van der Waals surface area contributed by atoms with Gasteiger partial charge in [-0.1, -0.05) is 19.9 Å². The molecule has 3 N–H and O–H groups in total. The van der Waals surface area contributed by atoms with Gasteiger partial charge in [-0.2, -0.15) is 0 Å². The molecule has 106 valence electrons. The second-order valence-electron chi connectivity index (χ2n) is 5.60. The van der Waals surface area contributed by atoms with Gasteiger partial charge in [-0.15, -0.1) is 0 Å². The number of hydrogen-bond donors (Lipinski definition) is 2. The monoisotopic (exact) mass is 264 g/mol. The van der Waals surface area contributed by atoms with Crippen molar-refractivity contribution in [2.24, 2.45) is 11.7 Å². The van der Waals surface area contributed by atoms with Crippen LogP contribution in [0.5, 0.6) is 5.75 Å². The average Bonchev–Trinajstić information content (AvgIpc) is 2.38. The van der Waals surface area contributed by atoms with Crippen molar-refractivity contribution in [1.29, 1.82) is 0 Å². The van der Waals surface area contributed by atoms with Crippen LogP contribution in [-0.2, 0) is 0 Å². The first-order valence-electron chi connectivity index (χ1n) is 6.92. The highest BCUT2D eigenvalue weighted by Crippen LogP contribution is 2.36. The molecular weight excluding hydrogens is 240 g/mol. The first-order chi connectivity index (χ1) is 9.02. The zero-order valence-electron chi connectivity index (χ0n) is 12.0. The molecule has 0 aliphatic carbocycles. The molecule has 1 aromatic rings. The Morgan fingerprint density at radius 2 is 2.21 bits per heavy atom. The Morgan fingerprint density at radius 3 is 2.84 bits per heavy atom. The van der Waals surface area contributed by atoms with Crippen molar-refractivity contribution in [3.63, 3.8) is 0 Å². The van der Waals surface area contributed by atoms with E-state index in [1.54, 1.807) is 0 Å². The van der Waals surface area contributed by atoms with E-state index in [4.69, 9.17) is 10.5 Å². The third kappa shape index (κ3) is 3.01. The van der Waals surface area contributed by atoms with Gasteiger partial charge < -0.3 is 20.5 Å². The van der Waals surface area contributed by atoms with Crippen LogP contribution in [0.3, 0.4) is 0 Å². The van der Waals surface area contributed by atoms with Crippen LogP contribution in [0.15, 0.2) is 18.2 Å². The van der Waals surface area contributed by atoms with E-state index < -0.39 is 6.10 Å². The van der Waals surface area contributed by atoms with E-state index in [2.05, 4.69) is 25.8 Å². The van der Waals surface area contributed by atoms with E-state index in [1.807, 2.05) is 18.2 Å². The molecule has 4 nitrogen and oxygen atoms in total. The number of anilines is 1. The molecule has 19 heavy (non-hydrogen) atoms. The van der Waals surface area contributed by atoms with Crippen molar-refractivity contribution in [3.05, 3.63) is 23.8 Å². The van der Waals surface area contributed by atoms with Gasteiger partial charge in [0.25, 0.3) is 0 Å². The molecule has 0 spiro atoms. The van der Waals surface area contributed by atoms with E-state index in [9.17, 15) is 5.11 Å². The maximum atomic E-state index is 10.0. The van der Waals surface area contributed by atoms with Crippen LogP contribution in [0.2, 0.25) is 0 Å². The highest BCUT2D eigenvalue weighted by Gasteiger charge is 2.26. The SMILES string of the molecule is CC(C)C1CN(C)c2cc(C(O)CCN)ccc2O1. The summed E-state index contributed by atoms with van der Waals surface area (Å²) in [4.78, 5) is 2.20. The summed E-state index contributed by atoms with van der Waals surface area (Å²) in [5, 5.41) is 10.0. The highest BCUT2D eigenvalue weighted by molar-refractivity contribution is 5.61. The lowest BCUT2D eigenvalue weighted by atomic mass is 10.0. The Balaban J connectivity index is 2.24. The van der Waals surface area contributed by atoms with Crippen molar-refractivity contribution < 1.29 is 9.84 Å². The number of nitrogens with two attached hydrogens (primary N) is 1. The maximum Gasteiger partial charge on any atom is 0.143 e. The fourth-order valence-electron chi connectivity index (χ4n) is 2.38. The molecule has 2 unspecified atom stereocenters. The smallest absolute Gasteiger partial charge is 0.143 e. The van der Waals surface area contributed by atoms with Crippen molar-refractivity contribution in [2.45, 2.75) is 32.5 Å². The first kappa shape index (κ1) is 14.2. The Hall–Kier alpha value is -1.26. The van der Waals surface area contributed by atoms with Gasteiger partial charge in [0, 0.05) is 7.05 Å². The number of likely N-dealkylation sites (N-methyl/N-ethyl adjacent to an activating group) is 1. The second-order valence-corrected chi connectivity index (χ2v) is 5.60. The lowest BCUT2D eigenvalue weighted by Gasteiger charge is -2.36. The van der Waals surface area contributed by atoms with E-state index in [1.165, 1.54) is 0 Å². The normalized spacial score (nSPS) is 20.1. The van der Waals surface area contributed by atoms with E-state index in [0.717, 1.165) is 23.5 Å². The third-order valence-corrected chi connectivity index (χ3v) is 3.69. The van der Waals surface area contributed by atoms with Crippen molar-refractivity contribution >= 4 is 5.69 Å². The van der Waals surface area contributed by atoms with Crippen LogP contribution in [0.1, 0.15) is 31.9 Å². The lowest BCUT2D eigenvalue weighted by Crippen LogP contribution is -2.40. The number of nitrogens with zero attached hydrogens (tertiary/aromatic N) is 1. The van der Waals surface area contributed by atoms with Gasteiger partial charge >= 0.3 is 0 Å². The molecule has 0 bridgehead atoms. The summed E-state index contributed by atoms with van der Waals surface area (Å²) in [6, 6.07) is 5.89. The number of ether oxygens (including phenoxy) is 1. The largest absolute Gasteiger partial charge is 0.486 e. The summed E-state index contributed by atoms with van der Waals surface area (Å²) >= 11 is 0. The zero-order valence-corrected chi connectivity index (χ0v) is 12.0. The third-order valence-electron chi connectivity index (χ3n) is 3.69. The summed E-state index contributed by atoms with van der Waals surface area (Å²) in [6.07, 6.45) is 0.307. The van der Waals surface area contributed by atoms with Crippen molar-refractivity contribution in [3.8, 4) is 5.75 Å². The summed E-state index contributed by atoms with van der Waals surface area (Å²) in [5.41, 5.74) is 7.44. The molecule has 0 saturated carbocycles. The van der Waals surface area contributed by atoms with Crippen LogP contribution in [0.4, 0.5) is 5.69 Å². The number of benzene rings is 1. The van der Waals surface area contributed by atoms with Crippen LogP contribution < -0.4 is 15.4 Å². The predicted molar refractivity (Wildman–Crippen MR) is 77.6 cm³/mol. The highest BCUT2D eigenvalue weighted by atomic mass is 16.5. The number of aliphatic hydroxyl groups excluding tert-OH is 1. The number of rotatable bonds is 4. The molecule has 0 amide bonds. The van der Waals surface area contributed by atoms with Gasteiger partial charge in [-0.25, -0.2) is 0 Å². The summed E-state index contributed by atoms with van der Waals surface area (Å²) in [6.45, 7) is 5.70. The molecule has 1 heterocycles. The number of hydrogen-bond acceptors (Lipinski definition) is 4. The first-order valence-corrected chi connectivity index (χ1v) is 6.92. The van der Waals surface area contributed by atoms with Gasteiger partial charge in [-0.3, -0.25) is 0 Å². The predicted octanol–water partition coefficient (Wildman–Crippen LogP) is 1.92. The van der Waals surface area contributed by atoms with E-state index in [0.29, 0.717) is 18.9 Å². The Labute approximate surface area is 115 Å². The molecule has 0 radical (unpaired) electrons. The summed E-state index contributed by atoms with van der Waals surface area (Å²) < 4.78 is 6.01. The molecule has 1 aliphatic rings. The van der Waals surface area contributed by atoms with E-state index >= 15 is 0 Å². The van der Waals surface area contributed by atoms with Gasteiger partial charge in [0.15, 0.2) is 0 Å². The minimum Gasteiger partial charge on any atom is -0.486 e. The molecular formula is C15H24N2O2. The molecule has 0 fully saturated rings.